The molecule has 2 heterocycles. The van der Waals surface area contributed by atoms with Crippen molar-refractivity contribution < 1.29 is 4.42 Å². The molecule has 15 heavy (non-hydrogen) atoms. The van der Waals surface area contributed by atoms with E-state index in [2.05, 4.69) is 26.5 Å². The van der Waals surface area contributed by atoms with E-state index in [4.69, 9.17) is 10.3 Å². The molecule has 0 radical (unpaired) electrons. The quantitative estimate of drug-likeness (QED) is 0.652. The van der Waals surface area contributed by atoms with Crippen LogP contribution >= 0.6 is 15.9 Å². The maximum Gasteiger partial charge on any atom is 0.169 e. The molecule has 2 rings (SSSR count). The lowest BCUT2D eigenvalue weighted by Crippen LogP contribution is -2.28. The van der Waals surface area contributed by atoms with Crippen molar-refractivity contribution in [3.05, 3.63) is 40.5 Å². The minimum atomic E-state index is -0.176. The van der Waals surface area contributed by atoms with Crippen molar-refractivity contribution in [3.8, 4) is 0 Å². The van der Waals surface area contributed by atoms with E-state index < -0.39 is 0 Å². The molecule has 3 N–H and O–H groups in total. The molecule has 0 saturated carbocycles. The maximum atomic E-state index is 5.49. The van der Waals surface area contributed by atoms with E-state index in [-0.39, 0.29) is 6.04 Å². The van der Waals surface area contributed by atoms with Gasteiger partial charge in [-0.15, -0.1) is 0 Å². The molecule has 2 aromatic heterocycles. The molecule has 6 heteroatoms. The average molecular weight is 271 g/mol. The summed E-state index contributed by atoms with van der Waals surface area (Å²) in [4.78, 5) is 0. The van der Waals surface area contributed by atoms with Crippen LogP contribution in [0.15, 0.2) is 33.6 Å². The van der Waals surface area contributed by atoms with E-state index >= 15 is 0 Å². The second-order valence-electron chi connectivity index (χ2n) is 3.19. The molecule has 0 bridgehead atoms. The first kappa shape index (κ1) is 10.4. The van der Waals surface area contributed by atoms with E-state index in [1.807, 2.05) is 25.4 Å². The number of hydrogen-bond acceptors (Lipinski definition) is 4. The van der Waals surface area contributed by atoms with Gasteiger partial charge in [0.25, 0.3) is 0 Å². The fourth-order valence-corrected chi connectivity index (χ4v) is 1.73. The summed E-state index contributed by atoms with van der Waals surface area (Å²) >= 11 is 3.25. The smallest absolute Gasteiger partial charge is 0.169 e. The Hall–Kier alpha value is -1.11. The summed E-state index contributed by atoms with van der Waals surface area (Å²) in [6.07, 6.45) is 3.64. The molecule has 80 valence electrons. The van der Waals surface area contributed by atoms with Crippen LogP contribution in [-0.2, 0) is 7.05 Å². The molecule has 0 aliphatic rings. The van der Waals surface area contributed by atoms with Crippen LogP contribution in [0.5, 0.6) is 0 Å². The Bertz CT molecular complexity index is 410. The van der Waals surface area contributed by atoms with Gasteiger partial charge in [-0.1, -0.05) is 0 Å². The fraction of sp³-hybridized carbons (Fsp3) is 0.222. The van der Waals surface area contributed by atoms with Gasteiger partial charge in [-0.25, -0.2) is 5.43 Å². The summed E-state index contributed by atoms with van der Waals surface area (Å²) in [7, 11) is 1.86. The highest BCUT2D eigenvalue weighted by molar-refractivity contribution is 9.10. The van der Waals surface area contributed by atoms with Gasteiger partial charge in [0.2, 0.25) is 0 Å². The third-order valence-electron chi connectivity index (χ3n) is 2.10. The maximum absolute atomic E-state index is 5.49. The van der Waals surface area contributed by atoms with Gasteiger partial charge < -0.3 is 4.42 Å². The second-order valence-corrected chi connectivity index (χ2v) is 3.97. The Balaban J connectivity index is 2.32. The first-order chi connectivity index (χ1) is 7.20. The zero-order chi connectivity index (χ0) is 10.8. The van der Waals surface area contributed by atoms with Gasteiger partial charge in [0, 0.05) is 18.8 Å². The predicted molar refractivity (Wildman–Crippen MR) is 58.8 cm³/mol. The number of rotatable bonds is 3. The standard InChI is InChI=1S/C9H11BrN4O/c1-14-5-6(4-12-14)9(13-11)7-2-3-8(10)15-7/h2-5,9,13H,11H2,1H3. The van der Waals surface area contributed by atoms with Crippen LogP contribution < -0.4 is 11.3 Å². The number of nitrogens with two attached hydrogens (primary N) is 1. The number of furan rings is 1. The molecular weight excluding hydrogens is 260 g/mol. The number of nitrogens with zero attached hydrogens (tertiary/aromatic N) is 2. The minimum absolute atomic E-state index is 0.176. The number of aryl methyl sites for hydroxylation is 1. The molecule has 0 aliphatic carbocycles. The summed E-state index contributed by atoms with van der Waals surface area (Å²) in [5, 5.41) is 4.09. The van der Waals surface area contributed by atoms with Crippen LogP contribution in [0.1, 0.15) is 17.4 Å². The molecule has 5 nitrogen and oxygen atoms in total. The van der Waals surface area contributed by atoms with Crippen molar-refractivity contribution in [1.29, 1.82) is 0 Å². The topological polar surface area (TPSA) is 69.0 Å². The second kappa shape index (κ2) is 4.18. The van der Waals surface area contributed by atoms with Gasteiger partial charge >= 0.3 is 0 Å². The van der Waals surface area contributed by atoms with Crippen LogP contribution in [0.3, 0.4) is 0 Å². The number of hydrazine groups is 1. The highest BCUT2D eigenvalue weighted by atomic mass is 79.9. The van der Waals surface area contributed by atoms with E-state index in [1.165, 1.54) is 0 Å². The molecule has 0 aliphatic heterocycles. The SMILES string of the molecule is Cn1cc(C(NN)c2ccc(Br)o2)cn1. The van der Waals surface area contributed by atoms with Crippen molar-refractivity contribution in [2.45, 2.75) is 6.04 Å². The number of aromatic nitrogens is 2. The fourth-order valence-electron chi connectivity index (χ4n) is 1.42. The molecule has 0 fully saturated rings. The zero-order valence-corrected chi connectivity index (χ0v) is 9.73. The van der Waals surface area contributed by atoms with Crippen molar-refractivity contribution in [1.82, 2.24) is 15.2 Å². The van der Waals surface area contributed by atoms with Crippen LogP contribution in [0.25, 0.3) is 0 Å². The van der Waals surface area contributed by atoms with Gasteiger partial charge in [-0.3, -0.25) is 10.5 Å². The van der Waals surface area contributed by atoms with Gasteiger partial charge in [-0.2, -0.15) is 5.10 Å². The van der Waals surface area contributed by atoms with E-state index in [0.29, 0.717) is 4.67 Å². The average Bonchev–Trinajstić information content (AvgIpc) is 2.78. The monoisotopic (exact) mass is 270 g/mol. The number of nitrogens with one attached hydrogen (secondary N) is 1. The number of hydrogen-bond donors (Lipinski definition) is 2. The largest absolute Gasteiger partial charge is 0.452 e. The Kier molecular flexibility index (Phi) is 2.90. The molecule has 0 amide bonds. The summed E-state index contributed by atoms with van der Waals surface area (Å²) in [5.41, 5.74) is 3.65. The zero-order valence-electron chi connectivity index (χ0n) is 8.14. The van der Waals surface area contributed by atoms with E-state index in [9.17, 15) is 0 Å². The molecule has 2 aromatic rings. The lowest BCUT2D eigenvalue weighted by Gasteiger charge is -2.10. The van der Waals surface area contributed by atoms with Crippen molar-refractivity contribution in [3.63, 3.8) is 0 Å². The third-order valence-corrected chi connectivity index (χ3v) is 2.53. The highest BCUT2D eigenvalue weighted by Gasteiger charge is 2.17. The lowest BCUT2D eigenvalue weighted by atomic mass is 10.1. The van der Waals surface area contributed by atoms with Gasteiger partial charge in [-0.05, 0) is 28.1 Å². The van der Waals surface area contributed by atoms with Crippen LogP contribution in [-0.4, -0.2) is 9.78 Å². The molecule has 1 unspecified atom stereocenters. The summed E-state index contributed by atoms with van der Waals surface area (Å²) in [5.74, 6) is 6.24. The Morgan fingerprint density at radius 2 is 2.40 bits per heavy atom. The Morgan fingerprint density at radius 1 is 1.60 bits per heavy atom. The highest BCUT2D eigenvalue weighted by Crippen LogP contribution is 2.24. The van der Waals surface area contributed by atoms with Crippen molar-refractivity contribution in [2.75, 3.05) is 0 Å². The minimum Gasteiger partial charge on any atom is -0.452 e. The third kappa shape index (κ3) is 2.11. The Morgan fingerprint density at radius 3 is 2.87 bits per heavy atom. The van der Waals surface area contributed by atoms with Crippen molar-refractivity contribution >= 4 is 15.9 Å². The van der Waals surface area contributed by atoms with Gasteiger partial charge in [0.05, 0.1) is 6.20 Å². The molecule has 0 aromatic carbocycles. The number of halogens is 1. The molecular formula is C9H11BrN4O. The summed E-state index contributed by atoms with van der Waals surface area (Å²) < 4.78 is 7.84. The molecule has 0 spiro atoms. The van der Waals surface area contributed by atoms with E-state index in [0.717, 1.165) is 11.3 Å². The lowest BCUT2D eigenvalue weighted by molar-refractivity contribution is 0.437. The van der Waals surface area contributed by atoms with Gasteiger partial charge in [0.1, 0.15) is 11.8 Å². The summed E-state index contributed by atoms with van der Waals surface area (Å²) in [6.45, 7) is 0. The normalized spacial score (nSPS) is 13.0. The molecule has 0 saturated heterocycles. The van der Waals surface area contributed by atoms with Crippen LogP contribution in [0, 0.1) is 0 Å². The Labute approximate surface area is 95.3 Å². The van der Waals surface area contributed by atoms with Gasteiger partial charge in [0.15, 0.2) is 4.67 Å². The summed E-state index contributed by atoms with van der Waals surface area (Å²) in [6, 6.07) is 3.52. The van der Waals surface area contributed by atoms with Crippen molar-refractivity contribution in [2.24, 2.45) is 12.9 Å². The van der Waals surface area contributed by atoms with Crippen LogP contribution in [0.4, 0.5) is 0 Å². The predicted octanol–water partition coefficient (Wildman–Crippen LogP) is 1.33. The van der Waals surface area contributed by atoms with Crippen LogP contribution in [0.2, 0.25) is 0 Å². The molecule has 1 atom stereocenters. The van der Waals surface area contributed by atoms with E-state index in [1.54, 1.807) is 10.9 Å². The first-order valence-electron chi connectivity index (χ1n) is 4.40. The first-order valence-corrected chi connectivity index (χ1v) is 5.20.